The van der Waals surface area contributed by atoms with Gasteiger partial charge in [0.1, 0.15) is 6.61 Å². The molecule has 0 heterocycles. The number of unbranched alkanes of at least 4 members (excludes halogenated alkanes) is 17. The Balaban J connectivity index is 3.47. The Morgan fingerprint density at radius 2 is 1.00 bits per heavy atom. The smallest absolute Gasteiger partial charge is 0.307 e. The summed E-state index contributed by atoms with van der Waals surface area (Å²) in [4.78, 5) is 25.1. The van der Waals surface area contributed by atoms with E-state index >= 15 is 0 Å². The third-order valence-corrected chi connectivity index (χ3v) is 6.86. The van der Waals surface area contributed by atoms with Crippen LogP contribution >= 0.6 is 0 Å². The maximum atomic E-state index is 12.1. The molecule has 0 unspecified atom stereocenters. The number of hydrogen-bond acceptors (Lipinski definition) is 6. The van der Waals surface area contributed by atoms with Gasteiger partial charge in [0.05, 0.1) is 19.6 Å². The number of hydrogen-bond donors (Lipinski definition) is 0. The number of carbonyl (C=O) groups excluding carboxylic acids is 2. The molecule has 0 bridgehead atoms. The van der Waals surface area contributed by atoms with Gasteiger partial charge in [0, 0.05) is 33.2 Å². The highest BCUT2D eigenvalue weighted by Crippen LogP contribution is 2.14. The molecule has 6 heteroatoms. The zero-order valence-electron chi connectivity index (χ0n) is 24.9. The van der Waals surface area contributed by atoms with Crippen LogP contribution in [0.2, 0.25) is 0 Å². The molecule has 0 spiro atoms. The topological polar surface area (TPSA) is 65.1 Å². The molecule has 0 aliphatic heterocycles. The Kier molecular flexibility index (Phi) is 28.5. The van der Waals surface area contributed by atoms with Crippen LogP contribution in [0.5, 0.6) is 0 Å². The molecule has 0 aromatic heterocycles. The lowest BCUT2D eigenvalue weighted by Crippen LogP contribution is -2.33. The van der Waals surface area contributed by atoms with E-state index in [4.69, 9.17) is 14.2 Å². The number of nitrogens with zero attached hydrogens (tertiary/aromatic N) is 1. The first-order valence-corrected chi connectivity index (χ1v) is 15.7. The van der Waals surface area contributed by atoms with Crippen molar-refractivity contribution in [2.45, 2.75) is 143 Å². The predicted molar refractivity (Wildman–Crippen MR) is 154 cm³/mol. The Morgan fingerprint density at radius 1 is 0.541 bits per heavy atom. The molecule has 0 saturated heterocycles. The summed E-state index contributed by atoms with van der Waals surface area (Å²) in [5.74, 6) is -0.436. The lowest BCUT2D eigenvalue weighted by Gasteiger charge is -2.21. The van der Waals surface area contributed by atoms with Gasteiger partial charge in [-0.2, -0.15) is 0 Å². The van der Waals surface area contributed by atoms with Crippen LogP contribution in [-0.4, -0.2) is 62.9 Å². The Bertz CT molecular complexity index is 500. The quantitative estimate of drug-likeness (QED) is 0.0728. The molecule has 37 heavy (non-hydrogen) atoms. The summed E-state index contributed by atoms with van der Waals surface area (Å²) in [6.07, 6.45) is 24.7. The van der Waals surface area contributed by atoms with Crippen molar-refractivity contribution in [3.63, 3.8) is 0 Å². The number of carbonyl (C=O) groups is 2. The van der Waals surface area contributed by atoms with Crippen LogP contribution in [0.15, 0.2) is 0 Å². The zero-order valence-corrected chi connectivity index (χ0v) is 24.9. The molecule has 0 aliphatic rings. The van der Waals surface area contributed by atoms with Crippen LogP contribution < -0.4 is 0 Å². The van der Waals surface area contributed by atoms with Gasteiger partial charge >= 0.3 is 11.9 Å². The van der Waals surface area contributed by atoms with E-state index in [1.165, 1.54) is 110 Å². The van der Waals surface area contributed by atoms with Gasteiger partial charge in [-0.05, 0) is 13.3 Å². The molecule has 0 fully saturated rings. The molecule has 6 nitrogen and oxygen atoms in total. The number of esters is 2. The van der Waals surface area contributed by atoms with Gasteiger partial charge in [0.25, 0.3) is 0 Å². The number of ether oxygens (including phenoxy) is 3. The van der Waals surface area contributed by atoms with E-state index in [2.05, 4.69) is 11.8 Å². The third kappa shape index (κ3) is 29.3. The lowest BCUT2D eigenvalue weighted by molar-refractivity contribution is -0.145. The monoisotopic (exact) mass is 527 g/mol. The molecule has 0 rings (SSSR count). The molecular formula is C31H61NO5. The molecule has 0 atom stereocenters. The summed E-state index contributed by atoms with van der Waals surface area (Å²) in [6.45, 7) is 9.66. The average molecular weight is 528 g/mol. The van der Waals surface area contributed by atoms with E-state index in [1.54, 1.807) is 0 Å². The van der Waals surface area contributed by atoms with E-state index in [-0.39, 0.29) is 11.9 Å². The summed E-state index contributed by atoms with van der Waals surface area (Å²) in [5.41, 5.74) is 0. The minimum atomic E-state index is -0.284. The predicted octanol–water partition coefficient (Wildman–Crippen LogP) is 7.86. The Labute approximate surface area is 229 Å². The second kappa shape index (κ2) is 29.4. The summed E-state index contributed by atoms with van der Waals surface area (Å²) < 4.78 is 15.8. The van der Waals surface area contributed by atoms with Gasteiger partial charge in [-0.15, -0.1) is 0 Å². The van der Waals surface area contributed by atoms with Crippen LogP contribution in [0, 0.1) is 0 Å². The highest BCUT2D eigenvalue weighted by Gasteiger charge is 2.10. The first kappa shape index (κ1) is 35.9. The van der Waals surface area contributed by atoms with Crippen LogP contribution in [0.4, 0.5) is 0 Å². The van der Waals surface area contributed by atoms with Gasteiger partial charge in [-0.1, -0.05) is 116 Å². The minimum absolute atomic E-state index is 0.152. The summed E-state index contributed by atoms with van der Waals surface area (Å²) in [7, 11) is 0. The summed E-state index contributed by atoms with van der Waals surface area (Å²) >= 11 is 0. The standard InChI is InChI=1S/C31H61NO5/c1-4-6-7-8-9-10-11-12-13-14-15-16-17-18-19-20-21-22-27-37-31(34)23-24-32(25-28-35-5-2)26-29-36-30(3)33/h4-29H2,1-3H3. The molecule has 0 aromatic carbocycles. The largest absolute Gasteiger partial charge is 0.466 e. The molecule has 0 N–H and O–H groups in total. The van der Waals surface area contributed by atoms with Gasteiger partial charge in [0.15, 0.2) is 0 Å². The van der Waals surface area contributed by atoms with Crippen LogP contribution in [0.1, 0.15) is 143 Å². The van der Waals surface area contributed by atoms with Gasteiger partial charge < -0.3 is 14.2 Å². The van der Waals surface area contributed by atoms with Crippen molar-refractivity contribution < 1.29 is 23.8 Å². The van der Waals surface area contributed by atoms with Crippen molar-refractivity contribution in [3.8, 4) is 0 Å². The summed E-state index contributed by atoms with van der Waals surface area (Å²) in [5, 5.41) is 0. The van der Waals surface area contributed by atoms with Crippen LogP contribution in [0.3, 0.4) is 0 Å². The number of rotatable bonds is 29. The highest BCUT2D eigenvalue weighted by atomic mass is 16.5. The fourth-order valence-corrected chi connectivity index (χ4v) is 4.50. The first-order chi connectivity index (χ1) is 18.1. The second-order valence-electron chi connectivity index (χ2n) is 10.4. The Hall–Kier alpha value is -1.14. The van der Waals surface area contributed by atoms with Crippen LogP contribution in [-0.2, 0) is 23.8 Å². The normalized spacial score (nSPS) is 11.2. The fourth-order valence-electron chi connectivity index (χ4n) is 4.50. The van der Waals surface area contributed by atoms with Crippen molar-refractivity contribution in [2.24, 2.45) is 0 Å². The van der Waals surface area contributed by atoms with Crippen LogP contribution in [0.25, 0.3) is 0 Å². The van der Waals surface area contributed by atoms with E-state index in [0.717, 1.165) is 12.8 Å². The van der Waals surface area contributed by atoms with Gasteiger partial charge in [-0.3, -0.25) is 14.5 Å². The minimum Gasteiger partial charge on any atom is -0.466 e. The SMILES string of the molecule is CCCCCCCCCCCCCCCCCCCCOC(=O)CCN(CCOCC)CCOC(C)=O. The van der Waals surface area contributed by atoms with Gasteiger partial charge in [0.2, 0.25) is 0 Å². The molecule has 0 aliphatic carbocycles. The molecular weight excluding hydrogens is 466 g/mol. The maximum absolute atomic E-state index is 12.1. The van der Waals surface area contributed by atoms with E-state index in [0.29, 0.717) is 52.5 Å². The van der Waals surface area contributed by atoms with Crippen molar-refractivity contribution in [3.05, 3.63) is 0 Å². The molecule has 0 amide bonds. The van der Waals surface area contributed by atoms with Crippen molar-refractivity contribution in [1.82, 2.24) is 4.90 Å². The molecule has 0 radical (unpaired) electrons. The van der Waals surface area contributed by atoms with Crippen molar-refractivity contribution in [1.29, 1.82) is 0 Å². The third-order valence-electron chi connectivity index (χ3n) is 6.86. The maximum Gasteiger partial charge on any atom is 0.307 e. The first-order valence-electron chi connectivity index (χ1n) is 15.7. The molecule has 0 aromatic rings. The van der Waals surface area contributed by atoms with Crippen molar-refractivity contribution >= 4 is 11.9 Å². The fraction of sp³-hybridized carbons (Fsp3) is 0.935. The second-order valence-corrected chi connectivity index (χ2v) is 10.4. The zero-order chi connectivity index (χ0) is 27.2. The van der Waals surface area contributed by atoms with E-state index in [1.807, 2.05) is 6.92 Å². The van der Waals surface area contributed by atoms with E-state index < -0.39 is 0 Å². The van der Waals surface area contributed by atoms with E-state index in [9.17, 15) is 9.59 Å². The van der Waals surface area contributed by atoms with Gasteiger partial charge in [-0.25, -0.2) is 0 Å². The molecule has 0 saturated carbocycles. The average Bonchev–Trinajstić information content (AvgIpc) is 2.88. The van der Waals surface area contributed by atoms with Crippen molar-refractivity contribution in [2.75, 3.05) is 46.1 Å². The summed E-state index contributed by atoms with van der Waals surface area (Å²) in [6, 6.07) is 0. The Morgan fingerprint density at radius 3 is 1.46 bits per heavy atom. The lowest BCUT2D eigenvalue weighted by atomic mass is 10.0. The molecule has 220 valence electrons. The highest BCUT2D eigenvalue weighted by molar-refractivity contribution is 5.69.